The first-order chi connectivity index (χ1) is 7.95. The van der Waals surface area contributed by atoms with Crippen LogP contribution in [0.3, 0.4) is 0 Å². The van der Waals surface area contributed by atoms with Gasteiger partial charge in [-0.25, -0.2) is 0 Å². The third-order valence-electron chi connectivity index (χ3n) is 3.14. The average molecular weight is 245 g/mol. The smallest absolute Gasteiger partial charge is 0.0804 e. The molecule has 0 aromatic carbocycles. The minimum absolute atomic E-state index is 0.281. The Balaban J connectivity index is 3.25. The van der Waals surface area contributed by atoms with Gasteiger partial charge in [0.05, 0.1) is 26.7 Å². The Morgan fingerprint density at radius 1 is 0.941 bits per heavy atom. The molecule has 1 unspecified atom stereocenters. The molecule has 0 amide bonds. The van der Waals surface area contributed by atoms with Crippen molar-refractivity contribution >= 4 is 0 Å². The molecular formula is C14H31NO2. The van der Waals surface area contributed by atoms with Gasteiger partial charge < -0.3 is 15.0 Å². The van der Waals surface area contributed by atoms with Gasteiger partial charge in [-0.2, -0.15) is 0 Å². The zero-order valence-electron chi connectivity index (χ0n) is 12.0. The van der Waals surface area contributed by atoms with E-state index >= 15 is 0 Å². The molecule has 0 radical (unpaired) electrons. The summed E-state index contributed by atoms with van der Waals surface area (Å²) in [7, 11) is 3.25. The Hall–Kier alpha value is -0.120. The Morgan fingerprint density at radius 3 is 2.00 bits per heavy atom. The predicted molar refractivity (Wildman–Crippen MR) is 73.6 cm³/mol. The summed E-state index contributed by atoms with van der Waals surface area (Å²) in [5.41, 5.74) is 0. The Bertz CT molecular complexity index is 166. The van der Waals surface area contributed by atoms with Crippen molar-refractivity contribution in [3.63, 3.8) is 0 Å². The van der Waals surface area contributed by atoms with Gasteiger partial charge in [0.1, 0.15) is 0 Å². The van der Waals surface area contributed by atoms with Crippen molar-refractivity contribution in [1.29, 1.82) is 0 Å². The minimum Gasteiger partial charge on any atom is -0.633 e. The van der Waals surface area contributed by atoms with E-state index in [0.717, 1.165) is 12.8 Å². The van der Waals surface area contributed by atoms with Crippen molar-refractivity contribution in [2.24, 2.45) is 0 Å². The molecule has 1 N–H and O–H groups in total. The average Bonchev–Trinajstić information content (AvgIpc) is 2.24. The Kier molecular flexibility index (Phi) is 9.79. The van der Waals surface area contributed by atoms with Crippen molar-refractivity contribution in [3.8, 4) is 0 Å². The lowest BCUT2D eigenvalue weighted by molar-refractivity contribution is -0.840. The fraction of sp³-hybridized carbons (Fsp3) is 1.00. The van der Waals surface area contributed by atoms with Crippen LogP contribution in [0.5, 0.6) is 0 Å². The van der Waals surface area contributed by atoms with Gasteiger partial charge in [-0.15, -0.1) is 0 Å². The fourth-order valence-corrected chi connectivity index (χ4v) is 1.94. The van der Waals surface area contributed by atoms with Crippen molar-refractivity contribution in [2.75, 3.05) is 20.6 Å². The molecule has 0 spiro atoms. The molecule has 0 aliphatic carbocycles. The SMILES string of the molecule is CCCCCCCCCC(O)CC[N+](C)(C)[O-]. The van der Waals surface area contributed by atoms with Gasteiger partial charge in [0.25, 0.3) is 0 Å². The van der Waals surface area contributed by atoms with E-state index in [9.17, 15) is 10.3 Å². The highest BCUT2D eigenvalue weighted by Gasteiger charge is 2.08. The number of nitrogens with zero attached hydrogens (tertiary/aromatic N) is 1. The van der Waals surface area contributed by atoms with Gasteiger partial charge >= 0.3 is 0 Å². The molecule has 0 bridgehead atoms. The summed E-state index contributed by atoms with van der Waals surface area (Å²) < 4.78 is -0.298. The largest absolute Gasteiger partial charge is 0.633 e. The molecule has 3 nitrogen and oxygen atoms in total. The van der Waals surface area contributed by atoms with Crippen LogP contribution in [0.25, 0.3) is 0 Å². The normalized spacial score (nSPS) is 13.9. The third-order valence-corrected chi connectivity index (χ3v) is 3.14. The first kappa shape index (κ1) is 16.9. The zero-order chi connectivity index (χ0) is 13.1. The van der Waals surface area contributed by atoms with Crippen molar-refractivity contribution in [3.05, 3.63) is 5.21 Å². The summed E-state index contributed by atoms with van der Waals surface area (Å²) >= 11 is 0. The van der Waals surface area contributed by atoms with E-state index in [1.165, 1.54) is 38.5 Å². The molecule has 0 aromatic heterocycles. The van der Waals surface area contributed by atoms with Gasteiger partial charge in [0, 0.05) is 6.42 Å². The Morgan fingerprint density at radius 2 is 1.47 bits per heavy atom. The van der Waals surface area contributed by atoms with Crippen LogP contribution in [0.15, 0.2) is 0 Å². The van der Waals surface area contributed by atoms with Crippen LogP contribution < -0.4 is 0 Å². The zero-order valence-corrected chi connectivity index (χ0v) is 12.0. The monoisotopic (exact) mass is 245 g/mol. The molecule has 0 saturated carbocycles. The highest BCUT2D eigenvalue weighted by molar-refractivity contribution is 4.56. The van der Waals surface area contributed by atoms with E-state index < -0.39 is 0 Å². The molecule has 0 heterocycles. The van der Waals surface area contributed by atoms with Gasteiger partial charge in [-0.1, -0.05) is 51.9 Å². The summed E-state index contributed by atoms with van der Waals surface area (Å²) in [6.45, 7) is 2.74. The van der Waals surface area contributed by atoms with Crippen LogP contribution in [-0.4, -0.2) is 36.5 Å². The molecule has 104 valence electrons. The molecular weight excluding hydrogens is 214 g/mol. The van der Waals surface area contributed by atoms with Crippen LogP contribution in [0, 0.1) is 5.21 Å². The maximum absolute atomic E-state index is 11.3. The summed E-state index contributed by atoms with van der Waals surface area (Å²) in [5.74, 6) is 0. The number of hydrogen-bond donors (Lipinski definition) is 1. The van der Waals surface area contributed by atoms with Gasteiger partial charge in [-0.05, 0) is 6.42 Å². The summed E-state index contributed by atoms with van der Waals surface area (Å²) in [4.78, 5) is 0. The van der Waals surface area contributed by atoms with Crippen molar-refractivity contribution in [1.82, 2.24) is 0 Å². The number of aliphatic hydroxyl groups excluding tert-OH is 1. The predicted octanol–water partition coefficient (Wildman–Crippen LogP) is 3.45. The molecule has 0 fully saturated rings. The standard InChI is InChI=1S/C14H31NO2/c1-4-5-6-7-8-9-10-11-14(16)12-13-15(2,3)17/h14,16H,4-13H2,1-3H3. The molecule has 0 rings (SSSR count). The molecule has 1 atom stereocenters. The molecule has 0 aliphatic heterocycles. The van der Waals surface area contributed by atoms with Crippen LogP contribution in [0.4, 0.5) is 0 Å². The number of unbranched alkanes of at least 4 members (excludes halogenated alkanes) is 6. The van der Waals surface area contributed by atoms with Gasteiger partial charge in [0.2, 0.25) is 0 Å². The second kappa shape index (κ2) is 9.86. The first-order valence-electron chi connectivity index (χ1n) is 7.18. The highest BCUT2D eigenvalue weighted by Crippen LogP contribution is 2.11. The maximum atomic E-state index is 11.3. The molecule has 0 aliphatic rings. The van der Waals surface area contributed by atoms with Gasteiger partial charge in [0.15, 0.2) is 0 Å². The van der Waals surface area contributed by atoms with Crippen molar-refractivity contribution in [2.45, 2.75) is 70.8 Å². The van der Waals surface area contributed by atoms with E-state index in [0.29, 0.717) is 13.0 Å². The second-order valence-electron chi connectivity index (χ2n) is 5.65. The van der Waals surface area contributed by atoms with Crippen LogP contribution in [0.2, 0.25) is 0 Å². The van der Waals surface area contributed by atoms with E-state index in [1.54, 1.807) is 14.1 Å². The van der Waals surface area contributed by atoms with E-state index in [1.807, 2.05) is 0 Å². The summed E-state index contributed by atoms with van der Waals surface area (Å²) in [5, 5.41) is 21.0. The number of hydrogen-bond acceptors (Lipinski definition) is 2. The molecule has 0 aromatic rings. The molecule has 0 saturated heterocycles. The van der Waals surface area contributed by atoms with Crippen LogP contribution in [0.1, 0.15) is 64.7 Å². The summed E-state index contributed by atoms with van der Waals surface area (Å²) in [6.07, 6.45) is 10.1. The topological polar surface area (TPSA) is 43.3 Å². The highest BCUT2D eigenvalue weighted by atomic mass is 16.5. The fourth-order valence-electron chi connectivity index (χ4n) is 1.94. The van der Waals surface area contributed by atoms with E-state index in [2.05, 4.69) is 6.92 Å². The van der Waals surface area contributed by atoms with E-state index in [4.69, 9.17) is 0 Å². The number of rotatable bonds is 11. The van der Waals surface area contributed by atoms with Gasteiger partial charge in [-0.3, -0.25) is 0 Å². The summed E-state index contributed by atoms with van der Waals surface area (Å²) in [6, 6.07) is 0. The van der Waals surface area contributed by atoms with E-state index in [-0.39, 0.29) is 10.8 Å². The second-order valence-corrected chi connectivity index (χ2v) is 5.65. The number of hydroxylamine groups is 3. The lowest BCUT2D eigenvalue weighted by Gasteiger charge is -2.34. The Labute approximate surface area is 107 Å². The molecule has 17 heavy (non-hydrogen) atoms. The molecule has 3 heteroatoms. The first-order valence-corrected chi connectivity index (χ1v) is 7.18. The number of aliphatic hydroxyl groups is 1. The van der Waals surface area contributed by atoms with Crippen LogP contribution in [-0.2, 0) is 0 Å². The third kappa shape index (κ3) is 13.8. The lowest BCUT2D eigenvalue weighted by atomic mass is 10.0. The number of quaternary nitrogens is 1. The maximum Gasteiger partial charge on any atom is 0.0804 e. The van der Waals surface area contributed by atoms with Crippen molar-refractivity contribution < 1.29 is 9.75 Å². The quantitative estimate of drug-likeness (QED) is 0.344. The van der Waals surface area contributed by atoms with Crippen LogP contribution >= 0.6 is 0 Å². The lowest BCUT2D eigenvalue weighted by Crippen LogP contribution is -2.35. The minimum atomic E-state index is -0.298.